The van der Waals surface area contributed by atoms with Gasteiger partial charge in [0.15, 0.2) is 0 Å². The molecule has 0 unspecified atom stereocenters. The molecule has 0 aliphatic heterocycles. The normalized spacial score (nSPS) is 14.2. The van der Waals surface area contributed by atoms with Gasteiger partial charge in [-0.3, -0.25) is 0 Å². The van der Waals surface area contributed by atoms with Crippen LogP contribution in [0.3, 0.4) is 0 Å². The van der Waals surface area contributed by atoms with Crippen LogP contribution in [0, 0.1) is 11.3 Å². The molecule has 0 aromatic rings. The maximum absolute atomic E-state index is 12.8. The predicted molar refractivity (Wildman–Crippen MR) is 44.7 cm³/mol. The molecule has 0 saturated heterocycles. The first-order valence-electron chi connectivity index (χ1n) is 3.35. The maximum Gasteiger partial charge on any atom is 0.0622 e. The summed E-state index contributed by atoms with van der Waals surface area (Å²) < 4.78 is 24.6. The fourth-order valence-electron chi connectivity index (χ4n) is 0.536. The van der Waals surface area contributed by atoms with E-state index in [4.69, 9.17) is 5.26 Å². The molecule has 0 fully saturated rings. The third kappa shape index (κ3) is 3.06. The molecule has 11 heavy (non-hydrogen) atoms. The van der Waals surface area contributed by atoms with Gasteiger partial charge in [0.25, 0.3) is 0 Å². The van der Waals surface area contributed by atoms with Crippen LogP contribution in [0.4, 0.5) is 7.77 Å². The molecule has 0 spiro atoms. The molecule has 0 aromatic heterocycles. The Morgan fingerprint density at radius 1 is 1.45 bits per heavy atom. The molecule has 0 amide bonds. The van der Waals surface area contributed by atoms with E-state index in [1.54, 1.807) is 0 Å². The Labute approximate surface area is 68.3 Å². The van der Waals surface area contributed by atoms with E-state index in [1.807, 2.05) is 6.07 Å². The Balaban J connectivity index is 4.13. The number of nitrogens with zero attached hydrogens (tertiary/aromatic N) is 1. The molecule has 0 saturated carbocycles. The Morgan fingerprint density at radius 3 is 2.18 bits per heavy atom. The van der Waals surface area contributed by atoms with E-state index in [-0.39, 0.29) is 12.8 Å². The quantitative estimate of drug-likeness (QED) is 0.655. The molecule has 0 heterocycles. The van der Waals surface area contributed by atoms with E-state index in [1.165, 1.54) is 13.8 Å². The van der Waals surface area contributed by atoms with E-state index in [0.29, 0.717) is 0 Å². The van der Waals surface area contributed by atoms with Crippen molar-refractivity contribution in [2.75, 3.05) is 6.26 Å². The van der Waals surface area contributed by atoms with Gasteiger partial charge in [-0.25, -0.2) is 0 Å². The van der Waals surface area contributed by atoms with E-state index in [0.717, 1.165) is 6.26 Å². The van der Waals surface area contributed by atoms with E-state index < -0.39 is 15.5 Å². The van der Waals surface area contributed by atoms with Gasteiger partial charge in [0.1, 0.15) is 0 Å². The molecule has 0 radical (unpaired) electrons. The number of nitriles is 1. The highest BCUT2D eigenvalue weighted by Gasteiger charge is 2.36. The van der Waals surface area contributed by atoms with Gasteiger partial charge in [0, 0.05) is 17.4 Å². The standard InChI is InChI=1S/C7H13F2NS/c1-7(2,5-4-6-10)11(3,8)9/h4-5H2,1-3H3. The van der Waals surface area contributed by atoms with Crippen molar-refractivity contribution < 1.29 is 7.77 Å². The van der Waals surface area contributed by atoms with Crippen LogP contribution >= 0.6 is 10.8 Å². The number of rotatable bonds is 3. The van der Waals surface area contributed by atoms with Crippen LogP contribution in [0.5, 0.6) is 0 Å². The topological polar surface area (TPSA) is 23.8 Å². The summed E-state index contributed by atoms with van der Waals surface area (Å²) in [6.45, 7) is 3.03. The minimum absolute atomic E-state index is 0.212. The predicted octanol–water partition coefficient (Wildman–Crippen LogP) is 3.27. The Morgan fingerprint density at radius 2 is 1.91 bits per heavy atom. The monoisotopic (exact) mass is 181 g/mol. The van der Waals surface area contributed by atoms with Gasteiger partial charge in [-0.05, 0) is 20.3 Å². The summed E-state index contributed by atoms with van der Waals surface area (Å²) in [5.74, 6) is 0. The number of hydrogen-bond donors (Lipinski definition) is 0. The van der Waals surface area contributed by atoms with Gasteiger partial charge in [-0.1, -0.05) is 0 Å². The van der Waals surface area contributed by atoms with Crippen LogP contribution in [0.1, 0.15) is 26.7 Å². The first-order valence-corrected chi connectivity index (χ1v) is 5.19. The van der Waals surface area contributed by atoms with Crippen molar-refractivity contribution in [3.63, 3.8) is 0 Å². The lowest BCUT2D eigenvalue weighted by atomic mass is 10.1. The Bertz CT molecular complexity index is 166. The van der Waals surface area contributed by atoms with Crippen LogP contribution in [-0.4, -0.2) is 11.0 Å². The molecule has 0 bridgehead atoms. The third-order valence-electron chi connectivity index (χ3n) is 1.81. The average molecular weight is 181 g/mol. The molecule has 0 aromatic carbocycles. The third-order valence-corrected chi connectivity index (χ3v) is 3.95. The van der Waals surface area contributed by atoms with Crippen molar-refractivity contribution in [3.05, 3.63) is 0 Å². The molecule has 0 N–H and O–H groups in total. The summed E-state index contributed by atoms with van der Waals surface area (Å²) >= 11 is 0. The lowest BCUT2D eigenvalue weighted by Crippen LogP contribution is -2.22. The molecule has 4 heteroatoms. The van der Waals surface area contributed by atoms with Crippen molar-refractivity contribution >= 4 is 10.8 Å². The molecule has 0 aliphatic carbocycles. The smallest absolute Gasteiger partial charge is 0.0622 e. The second kappa shape index (κ2) is 3.40. The minimum Gasteiger partial charge on any atom is -0.198 e. The first kappa shape index (κ1) is 10.7. The van der Waals surface area contributed by atoms with Gasteiger partial charge in [-0.15, -0.1) is 0 Å². The average Bonchev–Trinajstić information content (AvgIpc) is 1.81. The highest BCUT2D eigenvalue weighted by atomic mass is 32.3. The van der Waals surface area contributed by atoms with Gasteiger partial charge < -0.3 is 0 Å². The zero-order valence-corrected chi connectivity index (χ0v) is 7.84. The molecule has 0 aliphatic rings. The second-order valence-corrected chi connectivity index (χ2v) is 5.70. The Hall–Kier alpha value is -0.300. The summed E-state index contributed by atoms with van der Waals surface area (Å²) in [7, 11) is -3.53. The van der Waals surface area contributed by atoms with E-state index >= 15 is 0 Å². The van der Waals surface area contributed by atoms with E-state index in [9.17, 15) is 7.77 Å². The maximum atomic E-state index is 12.8. The van der Waals surface area contributed by atoms with Gasteiger partial charge >= 0.3 is 0 Å². The lowest BCUT2D eigenvalue weighted by molar-refractivity contribution is 0.574. The molecule has 1 nitrogen and oxygen atoms in total. The van der Waals surface area contributed by atoms with Crippen LogP contribution in [0.25, 0.3) is 0 Å². The van der Waals surface area contributed by atoms with Crippen molar-refractivity contribution in [1.29, 1.82) is 5.26 Å². The van der Waals surface area contributed by atoms with Crippen molar-refractivity contribution in [2.45, 2.75) is 31.4 Å². The number of hydrogen-bond acceptors (Lipinski definition) is 1. The first-order chi connectivity index (χ1) is 4.81. The zero-order valence-electron chi connectivity index (χ0n) is 7.03. The molecule has 0 rings (SSSR count). The zero-order chi connectivity index (χ0) is 9.12. The van der Waals surface area contributed by atoms with Crippen LogP contribution in [0.2, 0.25) is 0 Å². The summed E-state index contributed by atoms with van der Waals surface area (Å²) in [6, 6.07) is 1.88. The largest absolute Gasteiger partial charge is 0.198 e. The molecular weight excluding hydrogens is 168 g/mol. The second-order valence-electron chi connectivity index (χ2n) is 3.14. The SMILES string of the molecule is CC(C)(CCC#N)S(C)(F)F. The molecule has 66 valence electrons. The van der Waals surface area contributed by atoms with Crippen molar-refractivity contribution in [1.82, 2.24) is 0 Å². The summed E-state index contributed by atoms with van der Waals surface area (Å²) in [6.07, 6.45) is 1.47. The summed E-state index contributed by atoms with van der Waals surface area (Å²) in [5.41, 5.74) is 0. The summed E-state index contributed by atoms with van der Waals surface area (Å²) in [5, 5.41) is 8.21. The van der Waals surface area contributed by atoms with E-state index in [2.05, 4.69) is 0 Å². The highest BCUT2D eigenvalue weighted by molar-refractivity contribution is 8.25. The fraction of sp³-hybridized carbons (Fsp3) is 0.857. The number of halogens is 2. The van der Waals surface area contributed by atoms with Crippen LogP contribution in [0.15, 0.2) is 0 Å². The van der Waals surface area contributed by atoms with Gasteiger partial charge in [0.05, 0.1) is 16.9 Å². The van der Waals surface area contributed by atoms with Crippen LogP contribution in [-0.2, 0) is 0 Å². The van der Waals surface area contributed by atoms with Gasteiger partial charge in [0.2, 0.25) is 0 Å². The Kier molecular flexibility index (Phi) is 3.30. The lowest BCUT2D eigenvalue weighted by Gasteiger charge is -2.33. The molecule has 0 atom stereocenters. The summed E-state index contributed by atoms with van der Waals surface area (Å²) in [4.78, 5) is 0. The van der Waals surface area contributed by atoms with Crippen LogP contribution < -0.4 is 0 Å². The molecular formula is C7H13F2NS. The van der Waals surface area contributed by atoms with Crippen molar-refractivity contribution in [3.8, 4) is 6.07 Å². The highest BCUT2D eigenvalue weighted by Crippen LogP contribution is 2.60. The van der Waals surface area contributed by atoms with Crippen molar-refractivity contribution in [2.24, 2.45) is 0 Å². The van der Waals surface area contributed by atoms with Gasteiger partial charge in [-0.2, -0.15) is 13.0 Å². The fourth-order valence-corrected chi connectivity index (χ4v) is 0.997. The minimum atomic E-state index is -3.53.